The fourth-order valence-electron chi connectivity index (χ4n) is 9.57. The molecule has 0 aliphatic carbocycles. The summed E-state index contributed by atoms with van der Waals surface area (Å²) in [4.78, 5) is 0. The molecule has 12 aromatic carbocycles. The molecule has 0 saturated carbocycles. The minimum Gasteiger partial charge on any atom is -0.576 e. The molecule has 0 bridgehead atoms. The summed E-state index contributed by atoms with van der Waals surface area (Å²) in [6.45, 7) is 39.8. The summed E-state index contributed by atoms with van der Waals surface area (Å²) < 4.78 is 26.4. The number of benzene rings is 12. The molecule has 0 saturated heterocycles. The summed E-state index contributed by atoms with van der Waals surface area (Å²) in [5.41, 5.74) is 13.2. The van der Waals surface area contributed by atoms with Gasteiger partial charge in [-0.1, -0.05) is 212 Å². The van der Waals surface area contributed by atoms with Crippen molar-refractivity contribution in [3.63, 3.8) is 0 Å². The topological polar surface area (TPSA) is 64.6 Å². The van der Waals surface area contributed by atoms with Gasteiger partial charge in [0.25, 0.3) is 0 Å². The molecule has 0 aromatic heterocycles. The van der Waals surface area contributed by atoms with Crippen LogP contribution in [0.2, 0.25) is 0 Å². The minimum absolute atomic E-state index is 0. The zero-order chi connectivity index (χ0) is 69.6. The second-order valence-corrected chi connectivity index (χ2v) is 28.8. The number of anilines is 1. The molecule has 498 valence electrons. The van der Waals surface area contributed by atoms with Gasteiger partial charge < -0.3 is 14.7 Å². The van der Waals surface area contributed by atoms with Crippen molar-refractivity contribution < 1.29 is 61.5 Å². The van der Waals surface area contributed by atoms with Crippen molar-refractivity contribution in [3.8, 4) is 0 Å². The molecule has 0 radical (unpaired) electrons. The molecule has 0 atom stereocenters. The van der Waals surface area contributed by atoms with Crippen LogP contribution < -0.4 is 26.3 Å². The van der Waals surface area contributed by atoms with Crippen LogP contribution in [0.1, 0.15) is 135 Å². The number of hydrogen-bond acceptors (Lipinski definition) is 1. The van der Waals surface area contributed by atoms with Crippen LogP contribution >= 0.6 is 14.6 Å². The standard InChI is InChI=1S/C24H28NOP.C24H27NOP.6C7H7.2Zr/c2*1-18(2)22-16-11-17-23(19(3)4)24(22)25-27(26,20-12-7-5-8-13-20)21-14-9-6-10-15-21;6*1-7-5-3-2-4-6-7;;/h5-19H,1-4H3,(H,25,26);5-19H,1-4H3;6*2-6H,1H2;;/q;7*-1;+2;+4/p+1. The van der Waals surface area contributed by atoms with Gasteiger partial charge in [0, 0.05) is 16.3 Å². The number of nitrogens with one attached hydrogen (secondary N) is 1. The number of nitrogens with zero attached hydrogens (tertiary/aromatic N) is 1. The first kappa shape index (κ1) is 83.9. The smallest absolute Gasteiger partial charge is 0.576 e. The Morgan fingerprint density at radius 3 is 0.653 bits per heavy atom. The maximum atomic E-state index is 14.4. The molecule has 4 nitrogen and oxygen atoms in total. The van der Waals surface area contributed by atoms with E-state index in [-0.39, 0.29) is 52.4 Å². The van der Waals surface area contributed by atoms with Gasteiger partial charge in [0.05, 0.1) is 10.6 Å². The molecule has 0 spiro atoms. The molecular formula is C90H98N2O2P2Zr2. The SMILES string of the molecule is CC(C)c1cccc(C(C)C)c1NP(=O)(c1ccccc1)c1ccccc1.CC(C)c1cccc(C(C)C)c1[N-]P(=[OH+])(c1ccccc1)c1ccccc1.[CH2-]c1ccccc1.[CH2-]c1ccccc1.[CH2-]c1ccccc1.[CH2-]c1ccccc1.[CH2-]c1ccccc1.[CH2-]c1ccccc1.[Zr+2].[Zr+4]. The second-order valence-electron chi connectivity index (χ2n) is 23.9. The molecule has 2 N–H and O–H groups in total. The molecule has 0 unspecified atom stereocenters. The second kappa shape index (κ2) is 46.1. The van der Waals surface area contributed by atoms with Gasteiger partial charge in [0.15, 0.2) is 0 Å². The molecule has 0 aliphatic heterocycles. The maximum absolute atomic E-state index is 14.4. The van der Waals surface area contributed by atoms with Crippen molar-refractivity contribution in [1.82, 2.24) is 0 Å². The number of hydrogen-bond donors (Lipinski definition) is 1. The molecule has 98 heavy (non-hydrogen) atoms. The van der Waals surface area contributed by atoms with Crippen LogP contribution in [0.25, 0.3) is 5.09 Å². The Morgan fingerprint density at radius 1 is 0.286 bits per heavy atom. The van der Waals surface area contributed by atoms with E-state index in [1.54, 1.807) is 0 Å². The van der Waals surface area contributed by atoms with E-state index in [2.05, 4.69) is 138 Å². The number of para-hydroxylation sites is 1. The van der Waals surface area contributed by atoms with Crippen molar-refractivity contribution in [1.29, 1.82) is 0 Å². The first-order valence-corrected chi connectivity index (χ1v) is 36.1. The normalized spacial score (nSPS) is 10.2. The summed E-state index contributed by atoms with van der Waals surface area (Å²) in [6.07, 6.45) is 0. The van der Waals surface area contributed by atoms with Gasteiger partial charge in [-0.25, -0.2) is 0 Å². The van der Waals surface area contributed by atoms with E-state index in [0.29, 0.717) is 23.7 Å². The van der Waals surface area contributed by atoms with Gasteiger partial charge in [-0.05, 0) is 83.3 Å². The predicted molar refractivity (Wildman–Crippen MR) is 422 cm³/mol. The maximum Gasteiger partial charge on any atom is 4.00 e. The first-order chi connectivity index (χ1) is 46.2. The Bertz CT molecular complexity index is 3510. The monoisotopic (exact) mass is 1480 g/mol. The zero-order valence-corrected chi connectivity index (χ0v) is 65.3. The van der Waals surface area contributed by atoms with Crippen LogP contribution in [0, 0.1) is 41.5 Å². The minimum atomic E-state index is -3.03. The van der Waals surface area contributed by atoms with E-state index < -0.39 is 14.6 Å². The van der Waals surface area contributed by atoms with Crippen molar-refractivity contribution in [2.45, 2.75) is 79.1 Å². The summed E-state index contributed by atoms with van der Waals surface area (Å²) in [7, 11) is -5.93. The van der Waals surface area contributed by atoms with Gasteiger partial charge in [-0.3, -0.25) is 4.57 Å². The van der Waals surface area contributed by atoms with E-state index in [4.69, 9.17) is 5.09 Å². The van der Waals surface area contributed by atoms with Crippen LogP contribution in [0.15, 0.2) is 340 Å². The summed E-state index contributed by atoms with van der Waals surface area (Å²) in [6, 6.07) is 111. The molecule has 0 fully saturated rings. The van der Waals surface area contributed by atoms with E-state index in [1.807, 2.05) is 303 Å². The third kappa shape index (κ3) is 29.4. The van der Waals surface area contributed by atoms with Crippen molar-refractivity contribution in [2.75, 3.05) is 5.09 Å². The van der Waals surface area contributed by atoms with Gasteiger partial charge in [-0.15, -0.1) is 78.5 Å². The largest absolute Gasteiger partial charge is 4.00 e. The Balaban J connectivity index is 0.000000320. The Kier molecular flexibility index (Phi) is 39.4. The van der Waals surface area contributed by atoms with Crippen molar-refractivity contribution >= 4 is 47.2 Å². The van der Waals surface area contributed by atoms with Gasteiger partial charge >= 0.3 is 52.4 Å². The zero-order valence-electron chi connectivity index (χ0n) is 58.6. The van der Waals surface area contributed by atoms with E-state index in [0.717, 1.165) is 66.0 Å². The van der Waals surface area contributed by atoms with Gasteiger partial charge in [0.1, 0.15) is 0 Å². The quantitative estimate of drug-likeness (QED) is 0.0753. The number of rotatable bonds is 12. The van der Waals surface area contributed by atoms with Gasteiger partial charge in [-0.2, -0.15) is 148 Å². The molecule has 0 heterocycles. The van der Waals surface area contributed by atoms with Crippen LogP contribution in [0.5, 0.6) is 0 Å². The average molecular weight is 1480 g/mol. The Morgan fingerprint density at radius 2 is 0.469 bits per heavy atom. The fourth-order valence-corrected chi connectivity index (χ4v) is 14.1. The van der Waals surface area contributed by atoms with Crippen LogP contribution in [0.4, 0.5) is 11.4 Å². The van der Waals surface area contributed by atoms with Crippen LogP contribution in [0.3, 0.4) is 0 Å². The van der Waals surface area contributed by atoms with Crippen molar-refractivity contribution in [3.05, 3.63) is 442 Å². The van der Waals surface area contributed by atoms with E-state index in [9.17, 15) is 9.13 Å². The molecule has 8 heteroatoms. The Labute approximate surface area is 629 Å². The molecule has 12 aromatic rings. The molecule has 0 amide bonds. The molecular weight excluding hydrogens is 1390 g/mol. The molecule has 12 rings (SSSR count). The van der Waals surface area contributed by atoms with E-state index in [1.165, 1.54) is 22.3 Å². The summed E-state index contributed by atoms with van der Waals surface area (Å²) >= 11 is 0. The summed E-state index contributed by atoms with van der Waals surface area (Å²) in [5.74, 6) is 1.35. The Hall–Kier alpha value is -8.31. The van der Waals surface area contributed by atoms with Crippen LogP contribution in [-0.4, -0.2) is 4.57 Å². The van der Waals surface area contributed by atoms with Crippen molar-refractivity contribution in [2.24, 2.45) is 0 Å². The summed E-state index contributed by atoms with van der Waals surface area (Å²) in [5, 5.41) is 12.1. The fraction of sp³-hybridized carbons (Fsp3) is 0.133. The average Bonchev–Trinajstić information content (AvgIpc) is 0.780. The molecule has 0 aliphatic rings. The van der Waals surface area contributed by atoms with Crippen LogP contribution in [-0.2, 0) is 57.0 Å². The van der Waals surface area contributed by atoms with Gasteiger partial charge in [0.2, 0.25) is 14.6 Å². The third-order valence-electron chi connectivity index (χ3n) is 14.8. The van der Waals surface area contributed by atoms with E-state index >= 15 is 0 Å². The first-order valence-electron chi connectivity index (χ1n) is 32.7. The third-order valence-corrected chi connectivity index (χ3v) is 19.9. The predicted octanol–water partition coefficient (Wildman–Crippen LogP) is 24.3.